The average molecular weight is 314 g/mol. The van der Waals surface area contributed by atoms with Crippen LogP contribution in [0.3, 0.4) is 0 Å². The van der Waals surface area contributed by atoms with Gasteiger partial charge in [-0.3, -0.25) is 0 Å². The Morgan fingerprint density at radius 2 is 0.727 bits per heavy atom. The van der Waals surface area contributed by atoms with Crippen molar-refractivity contribution in [1.82, 2.24) is 0 Å². The lowest BCUT2D eigenvalue weighted by Crippen LogP contribution is -2.37. The highest BCUT2D eigenvalue weighted by atomic mass is 16.7. The van der Waals surface area contributed by atoms with Gasteiger partial charge in [0.1, 0.15) is 0 Å². The van der Waals surface area contributed by atoms with Crippen LogP contribution in [0.2, 0.25) is 0 Å². The molecule has 0 spiro atoms. The Morgan fingerprint density at radius 3 is 0.909 bits per heavy atom. The third-order valence-electron chi connectivity index (χ3n) is 3.44. The first kappa shape index (κ1) is 21.9. The zero-order chi connectivity index (χ0) is 17.3. The number of hydrogen-bond acceptors (Lipinski definition) is 3. The van der Waals surface area contributed by atoms with Crippen LogP contribution in [0, 0.1) is 17.8 Å². The largest absolute Gasteiger partial charge is 0.639 e. The van der Waals surface area contributed by atoms with E-state index in [1.165, 1.54) is 0 Å². The quantitative estimate of drug-likeness (QED) is 0.456. The van der Waals surface area contributed by atoms with Gasteiger partial charge in [0.25, 0.3) is 0 Å². The second-order valence-corrected chi connectivity index (χ2v) is 8.02. The van der Waals surface area contributed by atoms with Crippen molar-refractivity contribution in [3.63, 3.8) is 0 Å². The summed E-state index contributed by atoms with van der Waals surface area (Å²) in [6.45, 7) is 19.5. The van der Waals surface area contributed by atoms with Crippen molar-refractivity contribution < 1.29 is 14.0 Å². The summed E-state index contributed by atoms with van der Waals surface area (Å²) in [5.74, 6) is 1.82. The summed E-state index contributed by atoms with van der Waals surface area (Å²) in [6.07, 6.45) is 3.47. The molecule has 0 rings (SSSR count). The summed E-state index contributed by atoms with van der Waals surface area (Å²) in [5.41, 5.74) is 0. The minimum atomic E-state index is -0.559. The van der Waals surface area contributed by atoms with Crippen LogP contribution in [-0.2, 0) is 14.0 Å². The van der Waals surface area contributed by atoms with Gasteiger partial charge in [-0.15, -0.1) is 0 Å². The molecule has 132 valence electrons. The molecule has 0 aromatic carbocycles. The van der Waals surface area contributed by atoms with Gasteiger partial charge in [0, 0.05) is 18.3 Å². The van der Waals surface area contributed by atoms with Gasteiger partial charge in [-0.2, -0.15) is 0 Å². The van der Waals surface area contributed by atoms with Crippen molar-refractivity contribution in [2.75, 3.05) is 0 Å². The fraction of sp³-hybridized carbons (Fsp3) is 1.00. The van der Waals surface area contributed by atoms with E-state index in [-0.39, 0.29) is 18.3 Å². The number of rotatable bonds is 12. The van der Waals surface area contributed by atoms with Gasteiger partial charge < -0.3 is 14.0 Å². The zero-order valence-corrected chi connectivity index (χ0v) is 16.4. The molecule has 0 radical (unpaired) electrons. The van der Waals surface area contributed by atoms with Crippen molar-refractivity contribution in [1.29, 1.82) is 0 Å². The molecule has 0 N–H and O–H groups in total. The van der Waals surface area contributed by atoms with Gasteiger partial charge in [-0.25, -0.2) is 0 Å². The minimum absolute atomic E-state index is 0.141. The minimum Gasteiger partial charge on any atom is -0.383 e. The smallest absolute Gasteiger partial charge is 0.383 e. The van der Waals surface area contributed by atoms with Crippen molar-refractivity contribution in [3.05, 3.63) is 0 Å². The second-order valence-electron chi connectivity index (χ2n) is 8.02. The lowest BCUT2D eigenvalue weighted by atomic mass is 10.0. The molecule has 0 saturated heterocycles. The normalized spacial score (nSPS) is 16.4. The van der Waals surface area contributed by atoms with E-state index in [0.29, 0.717) is 17.8 Å². The first-order chi connectivity index (χ1) is 10.1. The molecular weight excluding hydrogens is 275 g/mol. The van der Waals surface area contributed by atoms with Gasteiger partial charge in [-0.05, 0) is 57.8 Å². The topological polar surface area (TPSA) is 27.7 Å². The predicted octanol–water partition coefficient (Wildman–Crippen LogP) is 5.32. The molecule has 0 aliphatic carbocycles. The van der Waals surface area contributed by atoms with Gasteiger partial charge in [0.15, 0.2) is 0 Å². The molecule has 0 aromatic rings. The monoisotopic (exact) mass is 314 g/mol. The third kappa shape index (κ3) is 12.5. The molecule has 0 amide bonds. The van der Waals surface area contributed by atoms with Crippen LogP contribution in [0.15, 0.2) is 0 Å². The SMILES string of the molecule is CC(C)C[C@H](C)OB(O[C@@H](C)CC(C)C)O[C@@H](C)CC(C)C. The van der Waals surface area contributed by atoms with E-state index in [1.54, 1.807) is 0 Å². The van der Waals surface area contributed by atoms with Crippen molar-refractivity contribution in [2.24, 2.45) is 17.8 Å². The number of hydrogen-bond donors (Lipinski definition) is 0. The van der Waals surface area contributed by atoms with E-state index in [9.17, 15) is 0 Å². The lowest BCUT2D eigenvalue weighted by molar-refractivity contribution is 0.00752. The maximum Gasteiger partial charge on any atom is 0.639 e. The van der Waals surface area contributed by atoms with Crippen molar-refractivity contribution in [2.45, 2.75) is 99.9 Å². The van der Waals surface area contributed by atoms with E-state index in [1.807, 2.05) is 0 Å². The Hall–Kier alpha value is -0.0551. The van der Waals surface area contributed by atoms with E-state index in [4.69, 9.17) is 14.0 Å². The molecule has 0 fully saturated rings. The molecule has 3 nitrogen and oxygen atoms in total. The van der Waals surface area contributed by atoms with Crippen LogP contribution >= 0.6 is 0 Å². The van der Waals surface area contributed by atoms with Gasteiger partial charge in [0.2, 0.25) is 0 Å². The highest BCUT2D eigenvalue weighted by Gasteiger charge is 2.29. The van der Waals surface area contributed by atoms with Crippen LogP contribution in [0.25, 0.3) is 0 Å². The average Bonchev–Trinajstić information content (AvgIpc) is 2.23. The molecule has 22 heavy (non-hydrogen) atoms. The second kappa shape index (κ2) is 11.5. The molecule has 3 atom stereocenters. The molecule has 0 aromatic heterocycles. The first-order valence-electron chi connectivity index (χ1n) is 9.06. The molecule has 0 bridgehead atoms. The van der Waals surface area contributed by atoms with Gasteiger partial charge in [0.05, 0.1) is 0 Å². The van der Waals surface area contributed by atoms with Crippen LogP contribution in [0.1, 0.15) is 81.6 Å². The van der Waals surface area contributed by atoms with E-state index in [2.05, 4.69) is 62.3 Å². The molecule has 4 heteroatoms. The van der Waals surface area contributed by atoms with Crippen LogP contribution < -0.4 is 0 Å². The van der Waals surface area contributed by atoms with E-state index >= 15 is 0 Å². The molecule has 0 saturated carbocycles. The summed E-state index contributed by atoms with van der Waals surface area (Å²) in [4.78, 5) is 0. The van der Waals surface area contributed by atoms with E-state index in [0.717, 1.165) is 19.3 Å². The zero-order valence-electron chi connectivity index (χ0n) is 16.4. The van der Waals surface area contributed by atoms with Crippen molar-refractivity contribution in [3.8, 4) is 0 Å². The maximum absolute atomic E-state index is 6.02. The molecule has 0 unspecified atom stereocenters. The summed E-state index contributed by atoms with van der Waals surface area (Å²) in [7, 11) is -0.559. The Balaban J connectivity index is 4.53. The fourth-order valence-electron chi connectivity index (χ4n) is 2.82. The van der Waals surface area contributed by atoms with Crippen LogP contribution in [-0.4, -0.2) is 25.6 Å². The van der Waals surface area contributed by atoms with E-state index < -0.39 is 7.32 Å². The Bertz CT molecular complexity index is 226. The highest BCUT2D eigenvalue weighted by molar-refractivity contribution is 6.36. The molecule has 0 heterocycles. The summed E-state index contributed by atoms with van der Waals surface area (Å²) in [5, 5.41) is 0. The Labute approximate surface area is 139 Å². The third-order valence-corrected chi connectivity index (χ3v) is 3.44. The lowest BCUT2D eigenvalue weighted by Gasteiger charge is -2.26. The van der Waals surface area contributed by atoms with Crippen LogP contribution in [0.4, 0.5) is 0 Å². The Kier molecular flexibility index (Phi) is 11.4. The predicted molar refractivity (Wildman–Crippen MR) is 95.8 cm³/mol. The molecular formula is C18H39BO3. The Morgan fingerprint density at radius 1 is 0.500 bits per heavy atom. The summed E-state index contributed by atoms with van der Waals surface area (Å²) < 4.78 is 18.1. The molecule has 0 aliphatic rings. The van der Waals surface area contributed by atoms with Gasteiger partial charge in [-0.1, -0.05) is 41.5 Å². The standard InChI is InChI=1S/C18H39BO3/c1-13(2)10-16(7)20-19(21-17(8)11-14(3)4)22-18(9)12-15(5)6/h13-18H,10-12H2,1-9H3/t16-,17-,18-/m0/s1. The van der Waals surface area contributed by atoms with Crippen molar-refractivity contribution >= 4 is 7.32 Å². The maximum atomic E-state index is 6.02. The highest BCUT2D eigenvalue weighted by Crippen LogP contribution is 2.16. The summed E-state index contributed by atoms with van der Waals surface area (Å²) >= 11 is 0. The molecule has 0 aliphatic heterocycles. The van der Waals surface area contributed by atoms with Gasteiger partial charge >= 0.3 is 7.32 Å². The summed E-state index contributed by atoms with van der Waals surface area (Å²) in [6, 6.07) is 0. The first-order valence-corrected chi connectivity index (χ1v) is 9.06. The van der Waals surface area contributed by atoms with Crippen LogP contribution in [0.5, 0.6) is 0 Å². The fourth-order valence-corrected chi connectivity index (χ4v) is 2.82.